The molecule has 1 amide bonds. The van der Waals surface area contributed by atoms with Crippen molar-refractivity contribution in [3.63, 3.8) is 0 Å². The summed E-state index contributed by atoms with van der Waals surface area (Å²) in [5.41, 5.74) is 5.18. The van der Waals surface area contributed by atoms with Crippen LogP contribution in [0.2, 0.25) is 0 Å². The van der Waals surface area contributed by atoms with Gasteiger partial charge in [-0.15, -0.1) is 0 Å². The Balaban J connectivity index is 1.58. The first kappa shape index (κ1) is 13.4. The highest BCUT2D eigenvalue weighted by atomic mass is 16.1. The number of hydrazine groups is 1. The summed E-state index contributed by atoms with van der Waals surface area (Å²) in [6.07, 6.45) is 5.46. The van der Waals surface area contributed by atoms with Gasteiger partial charge >= 0.3 is 0 Å². The Morgan fingerprint density at radius 1 is 1.35 bits per heavy atom. The summed E-state index contributed by atoms with van der Waals surface area (Å²) in [4.78, 5) is 12.2. The highest BCUT2D eigenvalue weighted by molar-refractivity contribution is 5.94. The van der Waals surface area contributed by atoms with E-state index in [0.717, 1.165) is 29.6 Å². The molecule has 0 heterocycles. The van der Waals surface area contributed by atoms with Crippen molar-refractivity contribution in [3.05, 3.63) is 29.3 Å². The zero-order valence-electron chi connectivity index (χ0n) is 12.0. The third kappa shape index (κ3) is 2.52. The van der Waals surface area contributed by atoms with Gasteiger partial charge in [-0.25, -0.2) is 0 Å². The van der Waals surface area contributed by atoms with Gasteiger partial charge in [0, 0.05) is 12.1 Å². The fraction of sp³-hybridized carbons (Fsp3) is 0.562. The second-order valence-electron chi connectivity index (χ2n) is 6.32. The first-order valence-corrected chi connectivity index (χ1v) is 7.53. The highest BCUT2D eigenvalue weighted by Crippen LogP contribution is 2.47. The molecule has 4 N–H and O–H groups in total. The zero-order valence-corrected chi connectivity index (χ0v) is 12.0. The minimum absolute atomic E-state index is 0.0273. The van der Waals surface area contributed by atoms with Crippen molar-refractivity contribution in [1.82, 2.24) is 5.32 Å². The molecule has 0 aliphatic heterocycles. The average Bonchev–Trinajstić information content (AvgIpc) is 3.07. The van der Waals surface area contributed by atoms with Crippen LogP contribution in [0.15, 0.2) is 18.2 Å². The zero-order chi connectivity index (χ0) is 14.1. The van der Waals surface area contributed by atoms with Crippen molar-refractivity contribution in [2.45, 2.75) is 32.6 Å². The second-order valence-corrected chi connectivity index (χ2v) is 6.32. The summed E-state index contributed by atoms with van der Waals surface area (Å²) in [7, 11) is 0. The van der Waals surface area contributed by atoms with E-state index in [1.54, 1.807) is 0 Å². The lowest BCUT2D eigenvalue weighted by molar-refractivity contribution is 0.0941. The van der Waals surface area contributed by atoms with Crippen LogP contribution >= 0.6 is 0 Å². The van der Waals surface area contributed by atoms with E-state index in [1.807, 2.05) is 25.1 Å². The summed E-state index contributed by atoms with van der Waals surface area (Å²) in [6, 6.07) is 5.55. The van der Waals surface area contributed by atoms with Crippen LogP contribution < -0.4 is 16.6 Å². The molecule has 2 aliphatic carbocycles. The minimum atomic E-state index is 0.0273. The van der Waals surface area contributed by atoms with Crippen LogP contribution in [-0.2, 0) is 0 Å². The first-order valence-electron chi connectivity index (χ1n) is 7.53. The number of carbonyl (C=O) groups is 1. The van der Waals surface area contributed by atoms with E-state index in [-0.39, 0.29) is 5.91 Å². The molecule has 3 rings (SSSR count). The highest BCUT2D eigenvalue weighted by Gasteiger charge is 2.39. The molecule has 20 heavy (non-hydrogen) atoms. The Bertz CT molecular complexity index is 514. The molecule has 4 heteroatoms. The number of hydrogen-bond acceptors (Lipinski definition) is 3. The predicted octanol–water partition coefficient (Wildman–Crippen LogP) is 2.45. The van der Waals surface area contributed by atoms with Crippen LogP contribution in [0, 0.1) is 24.7 Å². The van der Waals surface area contributed by atoms with E-state index in [1.165, 1.54) is 25.7 Å². The molecule has 3 unspecified atom stereocenters. The van der Waals surface area contributed by atoms with Gasteiger partial charge in [-0.2, -0.15) is 0 Å². The molecule has 1 aromatic carbocycles. The van der Waals surface area contributed by atoms with Gasteiger partial charge < -0.3 is 10.7 Å². The molecule has 1 aromatic rings. The van der Waals surface area contributed by atoms with Gasteiger partial charge in [-0.3, -0.25) is 10.6 Å². The summed E-state index contributed by atoms with van der Waals surface area (Å²) in [5.74, 6) is 7.91. The number of anilines is 1. The van der Waals surface area contributed by atoms with Crippen LogP contribution in [0.1, 0.15) is 41.6 Å². The Labute approximate surface area is 120 Å². The predicted molar refractivity (Wildman–Crippen MR) is 80.3 cm³/mol. The van der Waals surface area contributed by atoms with Gasteiger partial charge in [0.2, 0.25) is 0 Å². The normalized spacial score (nSPS) is 27.6. The van der Waals surface area contributed by atoms with Crippen molar-refractivity contribution in [2.24, 2.45) is 23.6 Å². The van der Waals surface area contributed by atoms with Gasteiger partial charge in [-0.1, -0.05) is 6.42 Å². The third-order valence-electron chi connectivity index (χ3n) is 5.05. The molecule has 2 saturated carbocycles. The Kier molecular flexibility index (Phi) is 3.66. The lowest BCUT2D eigenvalue weighted by atomic mass is 9.89. The Morgan fingerprint density at radius 3 is 2.80 bits per heavy atom. The standard InChI is InChI=1S/C16H23N3O/c1-10-6-13(4-5-15(10)19-17)16(20)18-9-14-8-11-2-3-12(14)7-11/h4-6,11-12,14,19H,2-3,7-9,17H2,1H3,(H,18,20). The molecule has 2 fully saturated rings. The average molecular weight is 273 g/mol. The van der Waals surface area contributed by atoms with E-state index in [4.69, 9.17) is 5.84 Å². The molecule has 108 valence electrons. The number of fused-ring (bicyclic) bond motifs is 2. The van der Waals surface area contributed by atoms with Crippen LogP contribution in [-0.4, -0.2) is 12.5 Å². The molecule has 0 radical (unpaired) electrons. The Morgan fingerprint density at radius 2 is 2.20 bits per heavy atom. The molecule has 2 bridgehead atoms. The molecular weight excluding hydrogens is 250 g/mol. The maximum atomic E-state index is 12.2. The van der Waals surface area contributed by atoms with Crippen LogP contribution in [0.25, 0.3) is 0 Å². The molecule has 3 atom stereocenters. The minimum Gasteiger partial charge on any atom is -0.352 e. The van der Waals surface area contributed by atoms with Crippen LogP contribution in [0.4, 0.5) is 5.69 Å². The quantitative estimate of drug-likeness (QED) is 0.583. The maximum Gasteiger partial charge on any atom is 0.251 e. The summed E-state index contributed by atoms with van der Waals surface area (Å²) < 4.78 is 0. The number of nitrogen functional groups attached to an aromatic ring is 1. The second kappa shape index (κ2) is 5.44. The molecule has 4 nitrogen and oxygen atoms in total. The Hall–Kier alpha value is -1.55. The summed E-state index contributed by atoms with van der Waals surface area (Å²) >= 11 is 0. The SMILES string of the molecule is Cc1cc(C(=O)NCC2CC3CCC2C3)ccc1NN. The lowest BCUT2D eigenvalue weighted by Crippen LogP contribution is -2.31. The van der Waals surface area contributed by atoms with E-state index >= 15 is 0 Å². The van der Waals surface area contributed by atoms with Crippen molar-refractivity contribution in [3.8, 4) is 0 Å². The molecule has 0 spiro atoms. The number of nitrogens with two attached hydrogens (primary N) is 1. The molecule has 2 aliphatic rings. The van der Waals surface area contributed by atoms with Crippen molar-refractivity contribution in [1.29, 1.82) is 0 Å². The first-order chi connectivity index (χ1) is 9.67. The molecular formula is C16H23N3O. The topological polar surface area (TPSA) is 67.2 Å². The number of hydrogen-bond donors (Lipinski definition) is 3. The fourth-order valence-corrected chi connectivity index (χ4v) is 3.92. The van der Waals surface area contributed by atoms with E-state index in [0.29, 0.717) is 11.5 Å². The molecule has 0 saturated heterocycles. The van der Waals surface area contributed by atoms with Crippen molar-refractivity contribution in [2.75, 3.05) is 12.0 Å². The van der Waals surface area contributed by atoms with E-state index < -0.39 is 0 Å². The fourth-order valence-electron chi connectivity index (χ4n) is 3.92. The van der Waals surface area contributed by atoms with Gasteiger partial charge in [0.1, 0.15) is 0 Å². The summed E-state index contributed by atoms with van der Waals surface area (Å²) in [6.45, 7) is 2.78. The van der Waals surface area contributed by atoms with Crippen LogP contribution in [0.5, 0.6) is 0 Å². The van der Waals surface area contributed by atoms with Crippen LogP contribution in [0.3, 0.4) is 0 Å². The van der Waals surface area contributed by atoms with Crippen molar-refractivity contribution < 1.29 is 4.79 Å². The smallest absolute Gasteiger partial charge is 0.251 e. The van der Waals surface area contributed by atoms with Gasteiger partial charge in [0.15, 0.2) is 0 Å². The lowest BCUT2D eigenvalue weighted by Gasteiger charge is -2.21. The van der Waals surface area contributed by atoms with E-state index in [9.17, 15) is 4.79 Å². The van der Waals surface area contributed by atoms with Gasteiger partial charge in [-0.05, 0) is 67.7 Å². The summed E-state index contributed by atoms with van der Waals surface area (Å²) in [5, 5.41) is 3.10. The number of rotatable bonds is 4. The largest absolute Gasteiger partial charge is 0.352 e. The number of benzene rings is 1. The molecule has 0 aromatic heterocycles. The third-order valence-corrected chi connectivity index (χ3v) is 5.05. The number of nitrogens with one attached hydrogen (secondary N) is 2. The van der Waals surface area contributed by atoms with Gasteiger partial charge in [0.05, 0.1) is 5.69 Å². The van der Waals surface area contributed by atoms with E-state index in [2.05, 4.69) is 10.7 Å². The number of amides is 1. The maximum absolute atomic E-state index is 12.2. The van der Waals surface area contributed by atoms with Crippen molar-refractivity contribution >= 4 is 11.6 Å². The number of carbonyl (C=O) groups excluding carboxylic acids is 1. The number of aryl methyl sites for hydroxylation is 1. The van der Waals surface area contributed by atoms with Gasteiger partial charge in [0.25, 0.3) is 5.91 Å². The monoisotopic (exact) mass is 273 g/mol.